The first-order chi connectivity index (χ1) is 28.7. The van der Waals surface area contributed by atoms with E-state index < -0.39 is 5.41 Å². The Kier molecular flexibility index (Phi) is 7.74. The van der Waals surface area contributed by atoms with Gasteiger partial charge in [-0.2, -0.15) is 5.26 Å². The number of nitriles is 1. The Balaban J connectivity index is 1.13. The molecule has 2 heterocycles. The SMILES string of the molecule is N#Cc1ccc2c(c1)C1(c3ccccc3Oc3ccccc31)c1cccc(-c3ccc(-c4nc(-c5ccccc5)nc(-c5ccccc5)c4-c4ccccc4)cc3)c1-2. The molecule has 0 radical (unpaired) electrons. The van der Waals surface area contributed by atoms with Gasteiger partial charge in [0.15, 0.2) is 5.82 Å². The maximum absolute atomic E-state index is 10.2. The lowest BCUT2D eigenvalue weighted by Gasteiger charge is -2.39. The second-order valence-corrected chi connectivity index (χ2v) is 14.7. The third kappa shape index (κ3) is 5.08. The van der Waals surface area contributed by atoms with Crippen LogP contribution in [0.1, 0.15) is 27.8 Å². The van der Waals surface area contributed by atoms with Gasteiger partial charge in [-0.15, -0.1) is 0 Å². The van der Waals surface area contributed by atoms with Gasteiger partial charge in [0, 0.05) is 33.4 Å². The summed E-state index contributed by atoms with van der Waals surface area (Å²) in [7, 11) is 0. The van der Waals surface area contributed by atoms with Crippen molar-refractivity contribution in [1.82, 2.24) is 9.97 Å². The molecule has 4 heteroatoms. The van der Waals surface area contributed by atoms with Gasteiger partial charge in [0.2, 0.25) is 0 Å². The fourth-order valence-electron chi connectivity index (χ4n) is 9.13. The maximum atomic E-state index is 10.2. The van der Waals surface area contributed by atoms with Gasteiger partial charge in [-0.3, -0.25) is 0 Å². The fraction of sp³-hybridized carbons (Fsp3) is 0.0185. The van der Waals surface area contributed by atoms with E-state index in [0.29, 0.717) is 11.4 Å². The Hall–Kier alpha value is -7.87. The van der Waals surface area contributed by atoms with Crippen molar-refractivity contribution in [2.24, 2.45) is 0 Å². The third-order valence-electron chi connectivity index (χ3n) is 11.6. The van der Waals surface area contributed by atoms with Crippen molar-refractivity contribution in [3.05, 3.63) is 228 Å². The number of aromatic nitrogens is 2. The van der Waals surface area contributed by atoms with Gasteiger partial charge in [0.1, 0.15) is 11.5 Å². The zero-order valence-electron chi connectivity index (χ0n) is 31.3. The molecular weight excluding hydrogens is 707 g/mol. The van der Waals surface area contributed by atoms with Crippen LogP contribution >= 0.6 is 0 Å². The molecular formula is C54H33N3O. The largest absolute Gasteiger partial charge is 0.457 e. The number of hydrogen-bond donors (Lipinski definition) is 0. The van der Waals surface area contributed by atoms with Crippen LogP contribution in [0.5, 0.6) is 11.5 Å². The highest BCUT2D eigenvalue weighted by Gasteiger charge is 2.51. The molecule has 0 fully saturated rings. The number of ether oxygens (including phenoxy) is 1. The lowest BCUT2D eigenvalue weighted by Crippen LogP contribution is -2.32. The molecule has 58 heavy (non-hydrogen) atoms. The topological polar surface area (TPSA) is 58.8 Å². The number of benzene rings is 8. The smallest absolute Gasteiger partial charge is 0.160 e. The summed E-state index contributed by atoms with van der Waals surface area (Å²) >= 11 is 0. The van der Waals surface area contributed by atoms with Crippen LogP contribution in [0, 0.1) is 11.3 Å². The van der Waals surface area contributed by atoms with E-state index in [2.05, 4.69) is 146 Å². The number of para-hydroxylation sites is 2. The van der Waals surface area contributed by atoms with Gasteiger partial charge in [0.05, 0.1) is 28.4 Å². The van der Waals surface area contributed by atoms with E-state index in [1.807, 2.05) is 60.7 Å². The Labute approximate surface area is 337 Å². The second-order valence-electron chi connectivity index (χ2n) is 14.7. The predicted octanol–water partition coefficient (Wildman–Crippen LogP) is 13.2. The minimum absolute atomic E-state index is 0.627. The molecule has 0 unspecified atom stereocenters. The Morgan fingerprint density at radius 2 is 0.914 bits per heavy atom. The van der Waals surface area contributed by atoms with Gasteiger partial charge in [-0.05, 0) is 63.2 Å². The average Bonchev–Trinajstić information content (AvgIpc) is 3.59. The van der Waals surface area contributed by atoms with Gasteiger partial charge in [-0.25, -0.2) is 9.97 Å². The van der Waals surface area contributed by atoms with Crippen LogP contribution < -0.4 is 4.74 Å². The summed E-state index contributed by atoms with van der Waals surface area (Å²) in [4.78, 5) is 10.6. The molecule has 0 saturated carbocycles. The summed E-state index contributed by atoms with van der Waals surface area (Å²) in [6.07, 6.45) is 0. The molecule has 1 aliphatic heterocycles. The molecule has 1 aliphatic carbocycles. The summed E-state index contributed by atoms with van der Waals surface area (Å²) in [6.45, 7) is 0. The Morgan fingerprint density at radius 3 is 1.53 bits per heavy atom. The third-order valence-corrected chi connectivity index (χ3v) is 11.6. The van der Waals surface area contributed by atoms with Crippen molar-refractivity contribution in [2.45, 2.75) is 5.41 Å². The minimum atomic E-state index is -0.674. The van der Waals surface area contributed by atoms with Crippen molar-refractivity contribution in [2.75, 3.05) is 0 Å². The minimum Gasteiger partial charge on any atom is -0.457 e. The van der Waals surface area contributed by atoms with Gasteiger partial charge < -0.3 is 4.74 Å². The zero-order valence-corrected chi connectivity index (χ0v) is 31.3. The molecule has 0 saturated heterocycles. The summed E-state index contributed by atoms with van der Waals surface area (Å²) in [6, 6.07) is 71.7. The van der Waals surface area contributed by atoms with Crippen LogP contribution in [-0.4, -0.2) is 9.97 Å². The normalized spacial score (nSPS) is 12.7. The Bertz CT molecular complexity index is 3030. The molecule has 0 amide bonds. The van der Waals surface area contributed by atoms with Crippen molar-refractivity contribution in [1.29, 1.82) is 5.26 Å². The lowest BCUT2D eigenvalue weighted by molar-refractivity contribution is 0.436. The lowest BCUT2D eigenvalue weighted by atomic mass is 9.66. The van der Waals surface area contributed by atoms with Crippen LogP contribution in [0.4, 0.5) is 0 Å². The number of nitrogens with zero attached hydrogens (tertiary/aromatic N) is 3. The first kappa shape index (κ1) is 33.5. The summed E-state index contributed by atoms with van der Waals surface area (Å²) in [5, 5.41) is 10.2. The number of rotatable bonds is 5. The highest BCUT2D eigenvalue weighted by Crippen LogP contribution is 2.63. The van der Waals surface area contributed by atoms with Crippen LogP contribution in [0.15, 0.2) is 200 Å². The fourth-order valence-corrected chi connectivity index (χ4v) is 9.13. The highest BCUT2D eigenvalue weighted by molar-refractivity contribution is 5.98. The summed E-state index contributed by atoms with van der Waals surface area (Å²) < 4.78 is 6.56. The number of hydrogen-bond acceptors (Lipinski definition) is 4. The van der Waals surface area contributed by atoms with Crippen molar-refractivity contribution in [3.63, 3.8) is 0 Å². The zero-order chi connectivity index (χ0) is 38.6. The van der Waals surface area contributed by atoms with Crippen LogP contribution in [0.25, 0.3) is 67.3 Å². The van der Waals surface area contributed by atoms with Crippen LogP contribution in [-0.2, 0) is 5.41 Å². The Morgan fingerprint density at radius 1 is 0.397 bits per heavy atom. The molecule has 0 N–H and O–H groups in total. The van der Waals surface area contributed by atoms with E-state index >= 15 is 0 Å². The molecule has 9 aromatic rings. The average molecular weight is 740 g/mol. The molecule has 1 spiro atoms. The molecule has 0 bridgehead atoms. The monoisotopic (exact) mass is 739 g/mol. The van der Waals surface area contributed by atoms with E-state index in [1.54, 1.807) is 0 Å². The van der Waals surface area contributed by atoms with E-state index in [9.17, 15) is 5.26 Å². The molecule has 2 aliphatic rings. The van der Waals surface area contributed by atoms with E-state index in [0.717, 1.165) is 89.6 Å². The van der Waals surface area contributed by atoms with Gasteiger partial charge in [-0.1, -0.05) is 176 Å². The van der Waals surface area contributed by atoms with Crippen molar-refractivity contribution < 1.29 is 4.74 Å². The van der Waals surface area contributed by atoms with Crippen molar-refractivity contribution >= 4 is 0 Å². The first-order valence-electron chi connectivity index (χ1n) is 19.5. The molecule has 11 rings (SSSR count). The summed E-state index contributed by atoms with van der Waals surface area (Å²) in [5.41, 5.74) is 15.6. The van der Waals surface area contributed by atoms with Gasteiger partial charge >= 0.3 is 0 Å². The number of fused-ring (bicyclic) bond motifs is 9. The standard InChI is InChI=1S/C54H33N3O/c55-34-35-27-32-42-46(33-35)54(43-22-10-12-25-47(43)58-48-26-13-11-23-44(48)54)45-24-14-21-41(50(42)45)36-28-30-39(31-29-36)52-49(37-15-4-1-5-16-37)51(38-17-6-2-7-18-38)56-53(57-52)40-19-8-3-9-20-40/h1-33H. The molecule has 4 nitrogen and oxygen atoms in total. The molecule has 8 aromatic carbocycles. The van der Waals surface area contributed by atoms with Crippen LogP contribution in [0.3, 0.4) is 0 Å². The van der Waals surface area contributed by atoms with Crippen molar-refractivity contribution in [3.8, 4) is 84.9 Å². The molecule has 0 atom stereocenters. The predicted molar refractivity (Wildman–Crippen MR) is 231 cm³/mol. The van der Waals surface area contributed by atoms with E-state index in [1.165, 1.54) is 5.56 Å². The molecule has 1 aromatic heterocycles. The highest BCUT2D eigenvalue weighted by atomic mass is 16.5. The maximum Gasteiger partial charge on any atom is 0.160 e. The second kappa shape index (κ2) is 13.4. The summed E-state index contributed by atoms with van der Waals surface area (Å²) in [5.74, 6) is 2.32. The first-order valence-corrected chi connectivity index (χ1v) is 19.5. The van der Waals surface area contributed by atoms with E-state index in [4.69, 9.17) is 14.7 Å². The van der Waals surface area contributed by atoms with Crippen LogP contribution in [0.2, 0.25) is 0 Å². The van der Waals surface area contributed by atoms with E-state index in [-0.39, 0.29) is 0 Å². The molecule has 270 valence electrons. The van der Waals surface area contributed by atoms with Gasteiger partial charge in [0.25, 0.3) is 0 Å². The quantitative estimate of drug-likeness (QED) is 0.176.